The van der Waals surface area contributed by atoms with Crippen molar-refractivity contribution in [1.29, 1.82) is 0 Å². The largest absolute Gasteiger partial charge is 0.292 e. The molecule has 0 spiro atoms. The van der Waals surface area contributed by atoms with E-state index in [0.717, 1.165) is 6.67 Å². The third kappa shape index (κ3) is 10.5. The molecule has 0 bridgehead atoms. The first-order valence-corrected chi connectivity index (χ1v) is 10.1. The minimum absolute atomic E-state index is 0.794. The highest BCUT2D eigenvalue weighted by Gasteiger charge is 2.12. The van der Waals surface area contributed by atoms with Crippen LogP contribution in [-0.4, -0.2) is 36.0 Å². The fourth-order valence-electron chi connectivity index (χ4n) is 3.08. The maximum atomic E-state index is 4.39. The lowest BCUT2D eigenvalue weighted by Crippen LogP contribution is -2.41. The zero-order chi connectivity index (χ0) is 16.6. The highest BCUT2D eigenvalue weighted by molar-refractivity contribution is 5.71. The van der Waals surface area contributed by atoms with Gasteiger partial charge in [0.15, 0.2) is 0 Å². The van der Waals surface area contributed by atoms with Crippen LogP contribution in [0.15, 0.2) is 17.3 Å². The normalized spacial score (nSPS) is 14.1. The van der Waals surface area contributed by atoms with Gasteiger partial charge in [0.05, 0.1) is 0 Å². The van der Waals surface area contributed by atoms with Gasteiger partial charge in [0.25, 0.3) is 0 Å². The molecule has 0 unspecified atom stereocenters. The van der Waals surface area contributed by atoms with Crippen LogP contribution in [0.4, 0.5) is 0 Å². The fraction of sp³-hybridized carbons (Fsp3) is 0.850. The summed E-state index contributed by atoms with van der Waals surface area (Å²) in [6.45, 7) is 7.72. The van der Waals surface area contributed by atoms with E-state index in [1.54, 1.807) is 0 Å². The van der Waals surface area contributed by atoms with Crippen LogP contribution in [0.25, 0.3) is 0 Å². The van der Waals surface area contributed by atoms with Crippen LogP contribution >= 0.6 is 0 Å². The van der Waals surface area contributed by atoms with Crippen molar-refractivity contribution in [2.24, 2.45) is 4.99 Å². The van der Waals surface area contributed by atoms with Gasteiger partial charge in [-0.1, -0.05) is 78.1 Å². The lowest BCUT2D eigenvalue weighted by atomic mass is 10.1. The molecule has 1 aliphatic heterocycles. The van der Waals surface area contributed by atoms with Gasteiger partial charge in [-0.05, 0) is 18.9 Å². The Morgan fingerprint density at radius 2 is 1.30 bits per heavy atom. The molecule has 1 aliphatic rings. The standard InChI is InChI=1S/C20H39N3/c1-3-5-7-9-11-13-17-22(23-19-15-16-21-20-23)18-14-12-10-8-6-4-2/h15-16,19H,3-14,17-18,20H2,1-2H3. The molecule has 1 rings (SSSR count). The predicted octanol–water partition coefficient (Wildman–Crippen LogP) is 5.78. The lowest BCUT2D eigenvalue weighted by Gasteiger charge is -2.34. The van der Waals surface area contributed by atoms with Gasteiger partial charge in [0.2, 0.25) is 0 Å². The molecule has 0 N–H and O–H groups in total. The van der Waals surface area contributed by atoms with E-state index in [0.29, 0.717) is 0 Å². The first kappa shape index (κ1) is 20.2. The Labute approximate surface area is 144 Å². The fourth-order valence-corrected chi connectivity index (χ4v) is 3.08. The number of allylic oxidation sites excluding steroid dienone is 1. The van der Waals surface area contributed by atoms with E-state index in [4.69, 9.17) is 0 Å². The Morgan fingerprint density at radius 3 is 1.78 bits per heavy atom. The molecule has 0 aliphatic carbocycles. The SMILES string of the molecule is CCCCCCCCN(CCCCCCCC)N1C=CC=NC1. The van der Waals surface area contributed by atoms with Gasteiger partial charge in [-0.15, -0.1) is 0 Å². The van der Waals surface area contributed by atoms with Crippen LogP contribution in [-0.2, 0) is 0 Å². The maximum absolute atomic E-state index is 4.39. The molecule has 1 heterocycles. The van der Waals surface area contributed by atoms with Crippen molar-refractivity contribution in [2.45, 2.75) is 90.9 Å². The number of hydrazine groups is 1. The zero-order valence-corrected chi connectivity index (χ0v) is 15.7. The second-order valence-corrected chi connectivity index (χ2v) is 6.74. The first-order chi connectivity index (χ1) is 11.4. The van der Waals surface area contributed by atoms with Crippen LogP contribution in [0.5, 0.6) is 0 Å². The molecule has 3 heteroatoms. The van der Waals surface area contributed by atoms with E-state index in [-0.39, 0.29) is 0 Å². The van der Waals surface area contributed by atoms with Gasteiger partial charge < -0.3 is 0 Å². The minimum Gasteiger partial charge on any atom is -0.292 e. The number of hydrogen-bond donors (Lipinski definition) is 0. The molecule has 134 valence electrons. The molecular weight excluding hydrogens is 282 g/mol. The minimum atomic E-state index is 0.794. The van der Waals surface area contributed by atoms with Gasteiger partial charge in [0.1, 0.15) is 6.67 Å². The van der Waals surface area contributed by atoms with Crippen molar-refractivity contribution in [2.75, 3.05) is 19.8 Å². The molecule has 0 atom stereocenters. The monoisotopic (exact) mass is 321 g/mol. The number of unbranched alkanes of at least 4 members (excludes halogenated alkanes) is 10. The Balaban J connectivity index is 2.20. The molecule has 0 saturated carbocycles. The van der Waals surface area contributed by atoms with Crippen molar-refractivity contribution in [3.8, 4) is 0 Å². The van der Waals surface area contributed by atoms with Crippen LogP contribution < -0.4 is 0 Å². The molecule has 0 saturated heterocycles. The van der Waals surface area contributed by atoms with Crippen molar-refractivity contribution in [3.05, 3.63) is 12.3 Å². The summed E-state index contributed by atoms with van der Waals surface area (Å²) in [5.74, 6) is 0. The second kappa shape index (κ2) is 14.7. The van der Waals surface area contributed by atoms with Crippen molar-refractivity contribution in [1.82, 2.24) is 10.0 Å². The predicted molar refractivity (Wildman–Crippen MR) is 103 cm³/mol. The summed E-state index contributed by atoms with van der Waals surface area (Å²) in [7, 11) is 0. The van der Waals surface area contributed by atoms with Crippen molar-refractivity contribution >= 4 is 6.21 Å². The Hall–Kier alpha value is -0.830. The highest BCUT2D eigenvalue weighted by atomic mass is 15.6. The zero-order valence-electron chi connectivity index (χ0n) is 15.7. The van der Waals surface area contributed by atoms with Gasteiger partial charge in [0, 0.05) is 25.5 Å². The second-order valence-electron chi connectivity index (χ2n) is 6.74. The number of rotatable bonds is 15. The van der Waals surface area contributed by atoms with Crippen molar-refractivity contribution in [3.63, 3.8) is 0 Å². The average molecular weight is 322 g/mol. The topological polar surface area (TPSA) is 18.8 Å². The summed E-state index contributed by atoms with van der Waals surface area (Å²) < 4.78 is 0. The van der Waals surface area contributed by atoms with Crippen LogP contribution in [0.3, 0.4) is 0 Å². The summed E-state index contributed by atoms with van der Waals surface area (Å²) in [5.41, 5.74) is 0. The molecular formula is C20H39N3. The van der Waals surface area contributed by atoms with E-state index in [2.05, 4.69) is 41.1 Å². The van der Waals surface area contributed by atoms with E-state index in [1.807, 2.05) is 6.21 Å². The number of aliphatic imine (C=N–C) groups is 1. The van der Waals surface area contributed by atoms with Gasteiger partial charge >= 0.3 is 0 Å². The third-order valence-corrected chi connectivity index (χ3v) is 4.58. The number of nitrogens with zero attached hydrogens (tertiary/aromatic N) is 3. The molecule has 0 aromatic rings. The molecule has 0 amide bonds. The third-order valence-electron chi connectivity index (χ3n) is 4.58. The average Bonchev–Trinajstić information content (AvgIpc) is 2.60. The Kier molecular flexibility index (Phi) is 13.0. The molecule has 0 aromatic heterocycles. The summed E-state index contributed by atoms with van der Waals surface area (Å²) in [6.07, 6.45) is 22.6. The van der Waals surface area contributed by atoms with Crippen LogP contribution in [0, 0.1) is 0 Å². The molecule has 0 fully saturated rings. The van der Waals surface area contributed by atoms with Crippen LogP contribution in [0.2, 0.25) is 0 Å². The quantitative estimate of drug-likeness (QED) is 0.356. The molecule has 23 heavy (non-hydrogen) atoms. The maximum Gasteiger partial charge on any atom is 0.124 e. The smallest absolute Gasteiger partial charge is 0.124 e. The Morgan fingerprint density at radius 1 is 0.783 bits per heavy atom. The molecule has 3 nitrogen and oxygen atoms in total. The van der Waals surface area contributed by atoms with Gasteiger partial charge in [-0.25, -0.2) is 5.01 Å². The summed E-state index contributed by atoms with van der Waals surface area (Å²) in [5, 5.41) is 4.82. The molecule has 0 radical (unpaired) electrons. The highest BCUT2D eigenvalue weighted by Crippen LogP contribution is 2.12. The summed E-state index contributed by atoms with van der Waals surface area (Å²) in [6, 6.07) is 0. The van der Waals surface area contributed by atoms with E-state index < -0.39 is 0 Å². The summed E-state index contributed by atoms with van der Waals surface area (Å²) >= 11 is 0. The number of hydrogen-bond acceptors (Lipinski definition) is 3. The summed E-state index contributed by atoms with van der Waals surface area (Å²) in [4.78, 5) is 4.39. The van der Waals surface area contributed by atoms with Gasteiger partial charge in [-0.3, -0.25) is 10.0 Å². The first-order valence-electron chi connectivity index (χ1n) is 10.1. The van der Waals surface area contributed by atoms with E-state index in [9.17, 15) is 0 Å². The van der Waals surface area contributed by atoms with E-state index >= 15 is 0 Å². The van der Waals surface area contributed by atoms with E-state index in [1.165, 1.54) is 90.1 Å². The van der Waals surface area contributed by atoms with Crippen molar-refractivity contribution < 1.29 is 0 Å². The lowest BCUT2D eigenvalue weighted by molar-refractivity contribution is 0.0197. The Bertz CT molecular complexity index is 296. The van der Waals surface area contributed by atoms with Crippen LogP contribution in [0.1, 0.15) is 90.9 Å². The van der Waals surface area contributed by atoms with Gasteiger partial charge in [-0.2, -0.15) is 0 Å². The molecule has 0 aromatic carbocycles.